The van der Waals surface area contributed by atoms with Gasteiger partial charge in [-0.3, -0.25) is 4.90 Å². The van der Waals surface area contributed by atoms with Crippen molar-refractivity contribution in [3.8, 4) is 0 Å². The molecule has 0 aromatic heterocycles. The maximum absolute atomic E-state index is 13.9. The number of nitrogens with zero attached hydrogens (tertiary/aromatic N) is 3. The molecule has 1 aliphatic heterocycles. The normalized spacial score (nSPS) is 20.4. The molecule has 0 amide bonds. The molecule has 0 unspecified atom stereocenters. The summed E-state index contributed by atoms with van der Waals surface area (Å²) >= 11 is 9.80. The largest absolute Gasteiger partial charge is 0.369 e. The maximum atomic E-state index is 13.9. The van der Waals surface area contributed by atoms with Crippen molar-refractivity contribution >= 4 is 45.1 Å². The molecule has 0 saturated heterocycles. The average Bonchev–Trinajstić information content (AvgIpc) is 2.48. The molecule has 1 saturated carbocycles. The van der Waals surface area contributed by atoms with Gasteiger partial charge >= 0.3 is 0 Å². The van der Waals surface area contributed by atoms with Crippen molar-refractivity contribution in [1.82, 2.24) is 0 Å². The molecule has 4 N–H and O–H groups in total. The fourth-order valence-corrected chi connectivity index (χ4v) is 4.29. The lowest BCUT2D eigenvalue weighted by Crippen LogP contribution is -2.58. The lowest BCUT2D eigenvalue weighted by atomic mass is 9.87. The van der Waals surface area contributed by atoms with Crippen LogP contribution in [-0.4, -0.2) is 17.6 Å². The van der Waals surface area contributed by atoms with Gasteiger partial charge < -0.3 is 11.5 Å². The first-order valence-corrected chi connectivity index (χ1v) is 8.66. The van der Waals surface area contributed by atoms with Crippen LogP contribution in [0.15, 0.2) is 20.5 Å². The fourth-order valence-electron chi connectivity index (χ4n) is 3.33. The van der Waals surface area contributed by atoms with Crippen molar-refractivity contribution in [1.29, 1.82) is 0 Å². The first-order chi connectivity index (χ1) is 10.9. The number of anilines is 1. The molecule has 1 spiro atoms. The van der Waals surface area contributed by atoms with Crippen LogP contribution in [-0.2, 0) is 0 Å². The Morgan fingerprint density at radius 2 is 1.96 bits per heavy atom. The highest BCUT2D eigenvalue weighted by atomic mass is 79.9. The number of aliphatic imine (C=N–C) groups is 2. The van der Waals surface area contributed by atoms with Crippen LogP contribution >= 0.6 is 27.5 Å². The van der Waals surface area contributed by atoms with Crippen molar-refractivity contribution < 1.29 is 4.39 Å². The molecule has 23 heavy (non-hydrogen) atoms. The molecule has 3 rings (SSSR count). The van der Waals surface area contributed by atoms with E-state index in [4.69, 9.17) is 23.1 Å². The molecule has 2 aliphatic rings. The van der Waals surface area contributed by atoms with Crippen molar-refractivity contribution in [2.75, 3.05) is 4.90 Å². The van der Waals surface area contributed by atoms with Crippen molar-refractivity contribution in [3.05, 3.63) is 26.9 Å². The van der Waals surface area contributed by atoms with Crippen LogP contribution in [0.25, 0.3) is 0 Å². The second-order valence-electron chi connectivity index (χ2n) is 5.95. The van der Waals surface area contributed by atoms with Crippen LogP contribution in [0.3, 0.4) is 0 Å². The molecule has 0 radical (unpaired) electrons. The van der Waals surface area contributed by atoms with Gasteiger partial charge in [0.05, 0.1) is 10.7 Å². The van der Waals surface area contributed by atoms with Crippen LogP contribution in [0, 0.1) is 12.7 Å². The molecule has 124 valence electrons. The van der Waals surface area contributed by atoms with Crippen LogP contribution in [0.5, 0.6) is 0 Å². The number of hydrogen-bond acceptors (Lipinski definition) is 5. The predicted molar refractivity (Wildman–Crippen MR) is 95.4 cm³/mol. The number of halogens is 3. The zero-order chi connectivity index (χ0) is 16.8. The number of hydrogen-bond donors (Lipinski definition) is 2. The van der Waals surface area contributed by atoms with Gasteiger partial charge in [-0.15, -0.1) is 0 Å². The Hall–Kier alpha value is -1.34. The van der Waals surface area contributed by atoms with Gasteiger partial charge in [-0.1, -0.05) is 18.0 Å². The van der Waals surface area contributed by atoms with Crippen LogP contribution < -0.4 is 16.4 Å². The Morgan fingerprint density at radius 3 is 2.61 bits per heavy atom. The SMILES string of the molecule is Cc1c(F)cc(Cl)c(N2C(N)=NC(N)=NC23CCCCC3)c1Br. The molecule has 1 fully saturated rings. The van der Waals surface area contributed by atoms with E-state index in [0.29, 0.717) is 15.7 Å². The third kappa shape index (κ3) is 2.70. The van der Waals surface area contributed by atoms with Crippen molar-refractivity contribution in [3.63, 3.8) is 0 Å². The molecule has 1 aromatic carbocycles. The van der Waals surface area contributed by atoms with Gasteiger partial charge in [-0.2, -0.15) is 4.99 Å². The minimum absolute atomic E-state index is 0.173. The Morgan fingerprint density at radius 1 is 1.30 bits per heavy atom. The Labute approximate surface area is 147 Å². The summed E-state index contributed by atoms with van der Waals surface area (Å²) in [5.74, 6) is 0.0265. The van der Waals surface area contributed by atoms with Crippen molar-refractivity contribution in [2.24, 2.45) is 21.5 Å². The van der Waals surface area contributed by atoms with E-state index in [1.165, 1.54) is 6.07 Å². The summed E-state index contributed by atoms with van der Waals surface area (Å²) in [7, 11) is 0. The zero-order valence-electron chi connectivity index (χ0n) is 12.7. The lowest BCUT2D eigenvalue weighted by molar-refractivity contribution is 0.305. The Kier molecular flexibility index (Phi) is 4.27. The first kappa shape index (κ1) is 16.5. The number of rotatable bonds is 1. The molecule has 5 nitrogen and oxygen atoms in total. The van der Waals surface area contributed by atoms with E-state index in [1.54, 1.807) is 11.8 Å². The van der Waals surface area contributed by atoms with E-state index < -0.39 is 5.66 Å². The van der Waals surface area contributed by atoms with E-state index in [1.807, 2.05) is 0 Å². The summed E-state index contributed by atoms with van der Waals surface area (Å²) in [5.41, 5.74) is 12.5. The van der Waals surface area contributed by atoms with Gasteiger partial charge in [0, 0.05) is 10.0 Å². The second-order valence-corrected chi connectivity index (χ2v) is 7.15. The van der Waals surface area contributed by atoms with Gasteiger partial charge in [0.1, 0.15) is 11.5 Å². The molecule has 0 atom stereocenters. The minimum Gasteiger partial charge on any atom is -0.369 e. The highest BCUT2D eigenvalue weighted by molar-refractivity contribution is 9.10. The summed E-state index contributed by atoms with van der Waals surface area (Å²) in [6.45, 7) is 1.68. The molecular weight excluding hydrogens is 385 g/mol. The van der Waals surface area contributed by atoms with Gasteiger partial charge in [0.25, 0.3) is 0 Å². The molecule has 1 heterocycles. The zero-order valence-corrected chi connectivity index (χ0v) is 15.1. The number of benzene rings is 1. The summed E-state index contributed by atoms with van der Waals surface area (Å²) < 4.78 is 14.5. The number of nitrogens with two attached hydrogens (primary N) is 2. The van der Waals surface area contributed by atoms with E-state index in [9.17, 15) is 4.39 Å². The summed E-state index contributed by atoms with van der Waals surface area (Å²) in [5, 5.41) is 0.263. The van der Waals surface area contributed by atoms with Gasteiger partial charge in [0.15, 0.2) is 0 Å². The van der Waals surface area contributed by atoms with Gasteiger partial charge in [-0.25, -0.2) is 9.38 Å². The second kappa shape index (κ2) is 5.94. The molecular formula is C15H18BrClFN5. The third-order valence-electron chi connectivity index (χ3n) is 4.45. The predicted octanol–water partition coefficient (Wildman–Crippen LogP) is 3.66. The quantitative estimate of drug-likeness (QED) is 0.752. The maximum Gasteiger partial charge on any atom is 0.220 e. The van der Waals surface area contributed by atoms with Crippen molar-refractivity contribution in [2.45, 2.75) is 44.7 Å². The summed E-state index contributed by atoms with van der Waals surface area (Å²) in [6.07, 6.45) is 4.75. The lowest BCUT2D eigenvalue weighted by Gasteiger charge is -2.46. The first-order valence-electron chi connectivity index (χ1n) is 7.49. The van der Waals surface area contributed by atoms with Gasteiger partial charge in [0.2, 0.25) is 11.9 Å². The molecule has 0 bridgehead atoms. The van der Waals surface area contributed by atoms with Crippen LogP contribution in [0.4, 0.5) is 10.1 Å². The summed E-state index contributed by atoms with van der Waals surface area (Å²) in [6, 6.07) is 1.29. The molecule has 8 heteroatoms. The van der Waals surface area contributed by atoms with E-state index in [-0.39, 0.29) is 22.8 Å². The van der Waals surface area contributed by atoms with E-state index in [0.717, 1.165) is 32.1 Å². The molecule has 1 aromatic rings. The highest BCUT2D eigenvalue weighted by Gasteiger charge is 2.44. The minimum atomic E-state index is -0.607. The van der Waals surface area contributed by atoms with E-state index >= 15 is 0 Å². The van der Waals surface area contributed by atoms with Gasteiger partial charge in [-0.05, 0) is 54.6 Å². The standard InChI is InChI=1S/C15H18BrClFN5/c1-8-10(18)7-9(17)12(11(8)16)23-14(20)21-13(19)22-15(23)5-3-2-4-6-15/h7H,2-6H2,1H3,(H4,19,20,21,22). The average molecular weight is 403 g/mol. The Balaban J connectivity index is 2.21. The Bertz CT molecular complexity index is 712. The van der Waals surface area contributed by atoms with Crippen LogP contribution in [0.1, 0.15) is 37.7 Å². The smallest absolute Gasteiger partial charge is 0.220 e. The number of guanidine groups is 2. The summed E-state index contributed by atoms with van der Waals surface area (Å²) in [4.78, 5) is 10.5. The van der Waals surface area contributed by atoms with E-state index in [2.05, 4.69) is 25.9 Å². The topological polar surface area (TPSA) is 80.0 Å². The fraction of sp³-hybridized carbons (Fsp3) is 0.467. The van der Waals surface area contributed by atoms with Crippen LogP contribution in [0.2, 0.25) is 5.02 Å². The third-order valence-corrected chi connectivity index (χ3v) is 5.71. The molecule has 1 aliphatic carbocycles. The monoisotopic (exact) mass is 401 g/mol. The highest BCUT2D eigenvalue weighted by Crippen LogP contribution is 2.46.